The average molecular weight is 204 g/mol. The molecule has 0 atom stereocenters. The van der Waals surface area contributed by atoms with E-state index in [0.29, 0.717) is 6.42 Å². The molecule has 1 aliphatic rings. The van der Waals surface area contributed by atoms with Gasteiger partial charge in [-0.15, -0.1) is 0 Å². The number of rotatable bonds is 6. The first-order chi connectivity index (χ1) is 7.38. The first-order valence-electron chi connectivity index (χ1n) is 5.49. The smallest absolute Gasteiger partial charge is 0.0949 e. The van der Waals surface area contributed by atoms with Gasteiger partial charge in [0.1, 0.15) is 0 Å². The van der Waals surface area contributed by atoms with Crippen LogP contribution in [0, 0.1) is 11.3 Å². The number of hydrogen-bond donors (Lipinski definition) is 1. The highest BCUT2D eigenvalue weighted by molar-refractivity contribution is 4.97. The maximum atomic E-state index is 8.42. The molecule has 4 heteroatoms. The normalized spacial score (nSPS) is 15.1. The third kappa shape index (κ3) is 3.37. The van der Waals surface area contributed by atoms with Crippen molar-refractivity contribution in [2.45, 2.75) is 44.8 Å². The van der Waals surface area contributed by atoms with E-state index in [1.165, 1.54) is 12.8 Å². The molecule has 4 nitrogen and oxygen atoms in total. The summed E-state index contributed by atoms with van der Waals surface area (Å²) in [5.41, 5.74) is 1.10. The lowest BCUT2D eigenvalue weighted by molar-refractivity contribution is 0.648. The number of nitriles is 1. The Morgan fingerprint density at radius 1 is 1.60 bits per heavy atom. The largest absolute Gasteiger partial charge is 0.337 e. The number of imidazole rings is 1. The Kier molecular flexibility index (Phi) is 3.36. The second-order valence-electron chi connectivity index (χ2n) is 4.02. The van der Waals surface area contributed by atoms with E-state index >= 15 is 0 Å². The zero-order valence-corrected chi connectivity index (χ0v) is 8.82. The van der Waals surface area contributed by atoms with Gasteiger partial charge in [0.05, 0.1) is 18.1 Å². The molecule has 0 spiro atoms. The molecule has 1 aromatic heterocycles. The van der Waals surface area contributed by atoms with Crippen molar-refractivity contribution in [2.24, 2.45) is 0 Å². The second-order valence-corrected chi connectivity index (χ2v) is 4.02. The lowest BCUT2D eigenvalue weighted by Gasteiger charge is -1.98. The number of nitrogens with zero attached hydrogens (tertiary/aromatic N) is 3. The summed E-state index contributed by atoms with van der Waals surface area (Å²) in [5.74, 6) is 0. The van der Waals surface area contributed by atoms with Crippen LogP contribution in [0.3, 0.4) is 0 Å². The predicted octanol–water partition coefficient (Wildman–Crippen LogP) is 1.44. The van der Waals surface area contributed by atoms with Gasteiger partial charge in [-0.05, 0) is 19.3 Å². The summed E-state index contributed by atoms with van der Waals surface area (Å²) in [5, 5.41) is 11.8. The molecule has 0 bridgehead atoms. The Bertz CT molecular complexity index is 346. The zero-order chi connectivity index (χ0) is 10.5. The van der Waals surface area contributed by atoms with Crippen molar-refractivity contribution < 1.29 is 0 Å². The molecule has 0 aromatic carbocycles. The molecular formula is C11H16N4. The molecule has 0 amide bonds. The minimum atomic E-state index is 0.619. The molecule has 1 heterocycles. The summed E-state index contributed by atoms with van der Waals surface area (Å²) in [7, 11) is 0. The van der Waals surface area contributed by atoms with Crippen LogP contribution < -0.4 is 5.32 Å². The van der Waals surface area contributed by atoms with E-state index in [4.69, 9.17) is 5.26 Å². The van der Waals surface area contributed by atoms with Gasteiger partial charge in [0, 0.05) is 31.7 Å². The molecular weight excluding hydrogens is 188 g/mol. The fourth-order valence-corrected chi connectivity index (χ4v) is 1.50. The Labute approximate surface area is 89.9 Å². The average Bonchev–Trinajstić information content (AvgIpc) is 2.97. The molecule has 0 radical (unpaired) electrons. The summed E-state index contributed by atoms with van der Waals surface area (Å²) >= 11 is 0. The SMILES string of the molecule is N#CCCCn1cnc(CNC2CC2)c1. The van der Waals surface area contributed by atoms with E-state index < -0.39 is 0 Å². The summed E-state index contributed by atoms with van der Waals surface area (Å²) in [6.45, 7) is 1.76. The van der Waals surface area contributed by atoms with Gasteiger partial charge < -0.3 is 9.88 Å². The van der Waals surface area contributed by atoms with Crippen molar-refractivity contribution >= 4 is 0 Å². The fourth-order valence-electron chi connectivity index (χ4n) is 1.50. The second kappa shape index (κ2) is 4.94. The van der Waals surface area contributed by atoms with Crippen LogP contribution in [0.2, 0.25) is 0 Å². The van der Waals surface area contributed by atoms with E-state index in [0.717, 1.165) is 31.2 Å². The standard InChI is InChI=1S/C11H16N4/c12-5-1-2-6-15-8-11(14-9-15)7-13-10-3-4-10/h8-10,13H,1-4,6-7H2. The number of unbranched alkanes of at least 4 members (excludes halogenated alkanes) is 1. The number of nitrogens with one attached hydrogen (secondary N) is 1. The summed E-state index contributed by atoms with van der Waals surface area (Å²) < 4.78 is 2.06. The third-order valence-electron chi connectivity index (χ3n) is 2.54. The maximum absolute atomic E-state index is 8.42. The Morgan fingerprint density at radius 3 is 3.20 bits per heavy atom. The summed E-state index contributed by atoms with van der Waals surface area (Å²) in [4.78, 5) is 4.31. The number of hydrogen-bond acceptors (Lipinski definition) is 3. The van der Waals surface area contributed by atoms with Crippen LogP contribution in [0.4, 0.5) is 0 Å². The van der Waals surface area contributed by atoms with Gasteiger partial charge in [-0.3, -0.25) is 0 Å². The monoisotopic (exact) mass is 204 g/mol. The number of aromatic nitrogens is 2. The molecule has 0 aliphatic heterocycles. The lowest BCUT2D eigenvalue weighted by Crippen LogP contribution is -2.15. The van der Waals surface area contributed by atoms with Gasteiger partial charge in [-0.1, -0.05) is 0 Å². The molecule has 1 aromatic rings. The van der Waals surface area contributed by atoms with Gasteiger partial charge in [0.2, 0.25) is 0 Å². The first kappa shape index (κ1) is 10.2. The van der Waals surface area contributed by atoms with Crippen LogP contribution in [0.5, 0.6) is 0 Å². The van der Waals surface area contributed by atoms with Crippen molar-refractivity contribution in [1.29, 1.82) is 5.26 Å². The van der Waals surface area contributed by atoms with Crippen molar-refractivity contribution in [3.63, 3.8) is 0 Å². The number of aryl methyl sites for hydroxylation is 1. The minimum absolute atomic E-state index is 0.619. The highest BCUT2D eigenvalue weighted by Gasteiger charge is 2.20. The van der Waals surface area contributed by atoms with Gasteiger partial charge in [-0.25, -0.2) is 4.98 Å². The van der Waals surface area contributed by atoms with Crippen molar-refractivity contribution in [1.82, 2.24) is 14.9 Å². The summed E-state index contributed by atoms with van der Waals surface area (Å²) in [6, 6.07) is 2.88. The molecule has 2 rings (SSSR count). The molecule has 1 fully saturated rings. The quantitative estimate of drug-likeness (QED) is 0.713. The van der Waals surface area contributed by atoms with Gasteiger partial charge in [0.25, 0.3) is 0 Å². The van der Waals surface area contributed by atoms with Crippen LogP contribution in [0.25, 0.3) is 0 Å². The molecule has 80 valence electrons. The Morgan fingerprint density at radius 2 is 2.47 bits per heavy atom. The Balaban J connectivity index is 1.73. The van der Waals surface area contributed by atoms with E-state index in [1.807, 2.05) is 6.33 Å². The van der Waals surface area contributed by atoms with Crippen LogP contribution in [0.15, 0.2) is 12.5 Å². The van der Waals surface area contributed by atoms with Crippen molar-refractivity contribution in [3.05, 3.63) is 18.2 Å². The highest BCUT2D eigenvalue weighted by Crippen LogP contribution is 2.18. The van der Waals surface area contributed by atoms with Gasteiger partial charge in [-0.2, -0.15) is 5.26 Å². The molecule has 1 saturated carbocycles. The van der Waals surface area contributed by atoms with E-state index in [-0.39, 0.29) is 0 Å². The van der Waals surface area contributed by atoms with Gasteiger partial charge >= 0.3 is 0 Å². The predicted molar refractivity (Wildman–Crippen MR) is 56.9 cm³/mol. The molecule has 1 N–H and O–H groups in total. The third-order valence-corrected chi connectivity index (χ3v) is 2.54. The van der Waals surface area contributed by atoms with Crippen molar-refractivity contribution in [2.75, 3.05) is 0 Å². The van der Waals surface area contributed by atoms with E-state index in [1.54, 1.807) is 0 Å². The van der Waals surface area contributed by atoms with E-state index in [2.05, 4.69) is 27.1 Å². The topological polar surface area (TPSA) is 53.6 Å². The zero-order valence-electron chi connectivity index (χ0n) is 8.82. The van der Waals surface area contributed by atoms with Crippen LogP contribution in [0.1, 0.15) is 31.4 Å². The highest BCUT2D eigenvalue weighted by atomic mass is 15.1. The first-order valence-corrected chi connectivity index (χ1v) is 5.49. The van der Waals surface area contributed by atoms with Crippen molar-refractivity contribution in [3.8, 4) is 6.07 Å². The molecule has 0 saturated heterocycles. The Hall–Kier alpha value is -1.34. The molecule has 0 unspecified atom stereocenters. The fraction of sp³-hybridized carbons (Fsp3) is 0.636. The minimum Gasteiger partial charge on any atom is -0.337 e. The van der Waals surface area contributed by atoms with Crippen LogP contribution >= 0.6 is 0 Å². The molecule has 1 aliphatic carbocycles. The van der Waals surface area contributed by atoms with Gasteiger partial charge in [0.15, 0.2) is 0 Å². The lowest BCUT2D eigenvalue weighted by atomic mass is 10.3. The van der Waals surface area contributed by atoms with E-state index in [9.17, 15) is 0 Å². The van der Waals surface area contributed by atoms with Crippen LogP contribution in [-0.2, 0) is 13.1 Å². The van der Waals surface area contributed by atoms with Crippen LogP contribution in [-0.4, -0.2) is 15.6 Å². The maximum Gasteiger partial charge on any atom is 0.0949 e. The molecule has 15 heavy (non-hydrogen) atoms. The summed E-state index contributed by atoms with van der Waals surface area (Å²) in [6.07, 6.45) is 8.05.